The van der Waals surface area contributed by atoms with E-state index in [0.717, 1.165) is 44.4 Å². The highest BCUT2D eigenvalue weighted by Crippen LogP contribution is 2.21. The molecular formula is C19H26N2O3. The SMILES string of the molecule is O=C(CN1CCC[C@@H]1CC(=O)c1ccccc1)NC[C@H]1CCCO1. The lowest BCUT2D eigenvalue weighted by Crippen LogP contribution is -2.42. The van der Waals surface area contributed by atoms with Crippen molar-refractivity contribution in [1.82, 2.24) is 10.2 Å². The van der Waals surface area contributed by atoms with Crippen molar-refractivity contribution < 1.29 is 14.3 Å². The van der Waals surface area contributed by atoms with Gasteiger partial charge in [-0.05, 0) is 32.2 Å². The number of ketones is 1. The first-order valence-corrected chi connectivity index (χ1v) is 8.93. The fraction of sp³-hybridized carbons (Fsp3) is 0.579. The van der Waals surface area contributed by atoms with Crippen LogP contribution in [0.15, 0.2) is 30.3 Å². The van der Waals surface area contributed by atoms with Crippen LogP contribution in [0.2, 0.25) is 0 Å². The Hall–Kier alpha value is -1.72. The van der Waals surface area contributed by atoms with E-state index < -0.39 is 0 Å². The molecule has 1 aromatic carbocycles. The van der Waals surface area contributed by atoms with Crippen molar-refractivity contribution in [3.8, 4) is 0 Å². The van der Waals surface area contributed by atoms with Crippen LogP contribution in [0, 0.1) is 0 Å². The summed E-state index contributed by atoms with van der Waals surface area (Å²) in [6.07, 6.45) is 4.80. The molecule has 0 bridgehead atoms. The maximum atomic E-state index is 12.4. The zero-order valence-corrected chi connectivity index (χ0v) is 14.1. The first kappa shape index (κ1) is 17.1. The van der Waals surface area contributed by atoms with Crippen LogP contribution in [0.3, 0.4) is 0 Å². The quantitative estimate of drug-likeness (QED) is 0.777. The number of Topliss-reactive ketones (excluding diaryl/α,β-unsaturated/α-hetero) is 1. The molecule has 0 aromatic heterocycles. The number of nitrogens with zero attached hydrogens (tertiary/aromatic N) is 1. The molecule has 1 amide bonds. The predicted octanol–water partition coefficient (Wildman–Crippen LogP) is 2.02. The van der Waals surface area contributed by atoms with Gasteiger partial charge in [0, 0.05) is 31.2 Å². The molecule has 2 aliphatic heterocycles. The molecule has 0 spiro atoms. The molecule has 0 unspecified atom stereocenters. The molecule has 24 heavy (non-hydrogen) atoms. The highest BCUT2D eigenvalue weighted by Gasteiger charge is 2.28. The molecule has 0 radical (unpaired) electrons. The lowest BCUT2D eigenvalue weighted by Gasteiger charge is -2.23. The van der Waals surface area contributed by atoms with E-state index in [1.165, 1.54) is 0 Å². The summed E-state index contributed by atoms with van der Waals surface area (Å²) < 4.78 is 5.52. The van der Waals surface area contributed by atoms with E-state index in [1.54, 1.807) is 0 Å². The number of rotatable bonds is 7. The molecule has 1 aromatic rings. The van der Waals surface area contributed by atoms with Gasteiger partial charge in [0.15, 0.2) is 5.78 Å². The summed E-state index contributed by atoms with van der Waals surface area (Å²) in [5, 5.41) is 2.97. The molecule has 0 aliphatic carbocycles. The standard InChI is InChI=1S/C19H26N2O3/c22-18(15-6-2-1-3-7-15)12-16-8-4-10-21(16)14-19(23)20-13-17-9-5-11-24-17/h1-3,6-7,16-17H,4-5,8-14H2,(H,20,23)/t16-,17-/m1/s1. The van der Waals surface area contributed by atoms with Crippen LogP contribution in [-0.4, -0.2) is 55.0 Å². The fourth-order valence-corrected chi connectivity index (χ4v) is 3.56. The molecule has 1 N–H and O–H groups in total. The van der Waals surface area contributed by atoms with Crippen molar-refractivity contribution in [2.24, 2.45) is 0 Å². The van der Waals surface area contributed by atoms with Gasteiger partial charge in [0.25, 0.3) is 0 Å². The van der Waals surface area contributed by atoms with Gasteiger partial charge in [0.2, 0.25) is 5.91 Å². The summed E-state index contributed by atoms with van der Waals surface area (Å²) in [7, 11) is 0. The van der Waals surface area contributed by atoms with E-state index >= 15 is 0 Å². The number of hydrogen-bond acceptors (Lipinski definition) is 4. The summed E-state index contributed by atoms with van der Waals surface area (Å²) >= 11 is 0. The van der Waals surface area contributed by atoms with E-state index in [2.05, 4.69) is 10.2 Å². The first-order chi connectivity index (χ1) is 11.7. The number of carbonyl (C=O) groups is 2. The number of hydrogen-bond donors (Lipinski definition) is 1. The van der Waals surface area contributed by atoms with Gasteiger partial charge in [-0.3, -0.25) is 14.5 Å². The van der Waals surface area contributed by atoms with Gasteiger partial charge in [-0.25, -0.2) is 0 Å². The normalized spacial score (nSPS) is 24.2. The maximum absolute atomic E-state index is 12.4. The van der Waals surface area contributed by atoms with Crippen molar-refractivity contribution >= 4 is 11.7 Å². The number of carbonyl (C=O) groups excluding carboxylic acids is 2. The Morgan fingerprint density at radius 3 is 2.75 bits per heavy atom. The second-order valence-corrected chi connectivity index (χ2v) is 6.70. The molecule has 2 aliphatic rings. The van der Waals surface area contributed by atoms with Gasteiger partial charge in [0.1, 0.15) is 0 Å². The molecule has 2 atom stereocenters. The zero-order chi connectivity index (χ0) is 16.8. The summed E-state index contributed by atoms with van der Waals surface area (Å²) in [6.45, 7) is 2.66. The monoisotopic (exact) mass is 330 g/mol. The number of nitrogens with one attached hydrogen (secondary N) is 1. The second kappa shape index (κ2) is 8.40. The Morgan fingerprint density at radius 2 is 2.00 bits per heavy atom. The van der Waals surface area contributed by atoms with Crippen LogP contribution in [-0.2, 0) is 9.53 Å². The van der Waals surface area contributed by atoms with Crippen LogP contribution in [0.5, 0.6) is 0 Å². The molecule has 2 heterocycles. The topological polar surface area (TPSA) is 58.6 Å². The van der Waals surface area contributed by atoms with Crippen molar-refractivity contribution in [3.05, 3.63) is 35.9 Å². The van der Waals surface area contributed by atoms with Crippen LogP contribution in [0.25, 0.3) is 0 Å². The molecule has 130 valence electrons. The molecule has 5 nitrogen and oxygen atoms in total. The van der Waals surface area contributed by atoms with E-state index in [9.17, 15) is 9.59 Å². The first-order valence-electron chi connectivity index (χ1n) is 8.93. The van der Waals surface area contributed by atoms with Crippen molar-refractivity contribution in [2.75, 3.05) is 26.2 Å². The van der Waals surface area contributed by atoms with Crippen LogP contribution < -0.4 is 5.32 Å². The second-order valence-electron chi connectivity index (χ2n) is 6.70. The minimum absolute atomic E-state index is 0.0320. The van der Waals surface area contributed by atoms with E-state index in [4.69, 9.17) is 4.74 Å². The van der Waals surface area contributed by atoms with Gasteiger partial charge in [-0.15, -0.1) is 0 Å². The fourth-order valence-electron chi connectivity index (χ4n) is 3.56. The lowest BCUT2D eigenvalue weighted by molar-refractivity contribution is -0.123. The minimum Gasteiger partial charge on any atom is -0.376 e. The third-order valence-electron chi connectivity index (χ3n) is 4.91. The zero-order valence-electron chi connectivity index (χ0n) is 14.1. The molecule has 2 fully saturated rings. The van der Waals surface area contributed by atoms with Gasteiger partial charge in [-0.1, -0.05) is 30.3 Å². The van der Waals surface area contributed by atoms with Crippen LogP contribution >= 0.6 is 0 Å². The van der Waals surface area contributed by atoms with Crippen LogP contribution in [0.4, 0.5) is 0 Å². The summed E-state index contributed by atoms with van der Waals surface area (Å²) in [6, 6.07) is 9.57. The molecule has 5 heteroatoms. The molecular weight excluding hydrogens is 304 g/mol. The van der Waals surface area contributed by atoms with E-state index in [0.29, 0.717) is 19.5 Å². The third-order valence-corrected chi connectivity index (χ3v) is 4.91. The largest absolute Gasteiger partial charge is 0.376 e. The van der Waals surface area contributed by atoms with E-state index in [1.807, 2.05) is 30.3 Å². The Bertz CT molecular complexity index is 555. The molecule has 2 saturated heterocycles. The summed E-state index contributed by atoms with van der Waals surface area (Å²) in [4.78, 5) is 26.7. The summed E-state index contributed by atoms with van der Waals surface area (Å²) in [5.74, 6) is 0.192. The van der Waals surface area contributed by atoms with E-state index in [-0.39, 0.29) is 23.8 Å². The van der Waals surface area contributed by atoms with Gasteiger partial charge >= 0.3 is 0 Å². The van der Waals surface area contributed by atoms with Crippen molar-refractivity contribution in [2.45, 2.75) is 44.2 Å². The summed E-state index contributed by atoms with van der Waals surface area (Å²) in [5.41, 5.74) is 0.757. The van der Waals surface area contributed by atoms with Gasteiger partial charge in [0.05, 0.1) is 12.6 Å². The highest BCUT2D eigenvalue weighted by molar-refractivity contribution is 5.96. The number of amides is 1. The maximum Gasteiger partial charge on any atom is 0.234 e. The highest BCUT2D eigenvalue weighted by atomic mass is 16.5. The Balaban J connectivity index is 1.46. The van der Waals surface area contributed by atoms with Gasteiger partial charge < -0.3 is 10.1 Å². The smallest absolute Gasteiger partial charge is 0.234 e. The molecule has 3 rings (SSSR count). The van der Waals surface area contributed by atoms with Crippen LogP contribution in [0.1, 0.15) is 42.5 Å². The number of likely N-dealkylation sites (tertiary alicyclic amines) is 1. The van der Waals surface area contributed by atoms with Gasteiger partial charge in [-0.2, -0.15) is 0 Å². The molecule has 0 saturated carbocycles. The average Bonchev–Trinajstić information content (AvgIpc) is 3.26. The Kier molecular flexibility index (Phi) is 5.99. The Labute approximate surface area is 143 Å². The van der Waals surface area contributed by atoms with Crippen molar-refractivity contribution in [3.63, 3.8) is 0 Å². The predicted molar refractivity (Wildman–Crippen MR) is 92.0 cm³/mol. The third kappa shape index (κ3) is 4.65. The number of ether oxygens (including phenoxy) is 1. The Morgan fingerprint density at radius 1 is 1.17 bits per heavy atom. The lowest BCUT2D eigenvalue weighted by atomic mass is 10.0. The minimum atomic E-state index is 0.0320. The van der Waals surface area contributed by atoms with Crippen molar-refractivity contribution in [1.29, 1.82) is 0 Å². The average molecular weight is 330 g/mol. The number of benzene rings is 1.